The molecule has 43 heavy (non-hydrogen) atoms. The molecule has 0 atom stereocenters. The van der Waals surface area contributed by atoms with E-state index in [0.717, 1.165) is 10.8 Å². The summed E-state index contributed by atoms with van der Waals surface area (Å²) in [7, 11) is 0. The molecule has 0 bridgehead atoms. The second-order valence-electron chi connectivity index (χ2n) is 9.77. The van der Waals surface area contributed by atoms with Crippen LogP contribution >= 0.6 is 0 Å². The molecular formula is C37H20F2N2O2. The highest BCUT2D eigenvalue weighted by molar-refractivity contribution is 6.14. The topological polar surface area (TPSA) is 73.9 Å². The van der Waals surface area contributed by atoms with Gasteiger partial charge in [-0.2, -0.15) is 10.5 Å². The van der Waals surface area contributed by atoms with E-state index in [9.17, 15) is 24.1 Å². The highest BCUT2D eigenvalue weighted by Crippen LogP contribution is 2.35. The number of nitrogens with zero attached hydrogens (tertiary/aromatic N) is 2. The van der Waals surface area contributed by atoms with Gasteiger partial charge in [-0.05, 0) is 76.5 Å². The molecule has 6 heteroatoms. The molecule has 0 radical (unpaired) electrons. The fourth-order valence-electron chi connectivity index (χ4n) is 5.07. The minimum absolute atomic E-state index is 0.160. The second kappa shape index (κ2) is 11.4. The van der Waals surface area contributed by atoms with Crippen LogP contribution in [0.1, 0.15) is 27.0 Å². The number of ketones is 1. The maximum absolute atomic E-state index is 14.6. The third kappa shape index (κ3) is 5.22. The van der Waals surface area contributed by atoms with Gasteiger partial charge in [-0.25, -0.2) is 8.78 Å². The summed E-state index contributed by atoms with van der Waals surface area (Å²) in [6.45, 7) is 0. The van der Waals surface area contributed by atoms with E-state index in [1.165, 1.54) is 24.3 Å². The Morgan fingerprint density at radius 1 is 0.581 bits per heavy atom. The summed E-state index contributed by atoms with van der Waals surface area (Å²) in [5.74, 6) is -0.634. The molecule has 6 aromatic rings. The van der Waals surface area contributed by atoms with E-state index in [1.807, 2.05) is 54.6 Å². The predicted molar refractivity (Wildman–Crippen MR) is 161 cm³/mol. The van der Waals surface area contributed by atoms with Crippen molar-refractivity contribution in [1.29, 1.82) is 10.5 Å². The van der Waals surface area contributed by atoms with E-state index in [0.29, 0.717) is 33.8 Å². The molecule has 6 rings (SSSR count). The van der Waals surface area contributed by atoms with Gasteiger partial charge in [0.25, 0.3) is 0 Å². The summed E-state index contributed by atoms with van der Waals surface area (Å²) in [5, 5.41) is 21.4. The summed E-state index contributed by atoms with van der Waals surface area (Å²) in [6.07, 6.45) is 0. The van der Waals surface area contributed by atoms with Gasteiger partial charge in [0.2, 0.25) is 0 Å². The lowest BCUT2D eigenvalue weighted by Crippen LogP contribution is -2.05. The molecular weight excluding hydrogens is 542 g/mol. The second-order valence-corrected chi connectivity index (χ2v) is 9.77. The molecule has 0 heterocycles. The van der Waals surface area contributed by atoms with E-state index < -0.39 is 17.4 Å². The van der Waals surface area contributed by atoms with Gasteiger partial charge in [0, 0.05) is 22.3 Å². The van der Waals surface area contributed by atoms with Crippen LogP contribution in [0.4, 0.5) is 8.78 Å². The average Bonchev–Trinajstić information content (AvgIpc) is 3.04. The third-order valence-electron chi connectivity index (χ3n) is 7.19. The summed E-state index contributed by atoms with van der Waals surface area (Å²) < 4.78 is 35.1. The van der Waals surface area contributed by atoms with E-state index >= 15 is 0 Å². The highest BCUT2D eigenvalue weighted by atomic mass is 19.1. The van der Waals surface area contributed by atoms with Gasteiger partial charge in [-0.3, -0.25) is 4.79 Å². The standard InChI is InChI=1S/C37H20F2N2O2/c38-35-9-3-7-29(33(35)21-40)26-14-18-31(30-8-4-10-36(39)34(30)22-41)32(20-26)37(42)24-12-15-27(16-13-24)43-28-17-11-23-5-1-2-6-25(23)19-28/h1-20H. The smallest absolute Gasteiger partial charge is 0.193 e. The number of ether oxygens (including phenoxy) is 1. The van der Waals surface area contributed by atoms with Crippen LogP contribution in [-0.4, -0.2) is 5.78 Å². The van der Waals surface area contributed by atoms with Crippen molar-refractivity contribution in [2.75, 3.05) is 0 Å². The number of fused-ring (bicyclic) bond motifs is 1. The zero-order valence-corrected chi connectivity index (χ0v) is 22.5. The summed E-state index contributed by atoms with van der Waals surface area (Å²) in [5.41, 5.74) is 1.43. The molecule has 0 aliphatic rings. The van der Waals surface area contributed by atoms with Crippen molar-refractivity contribution in [2.45, 2.75) is 0 Å². The highest BCUT2D eigenvalue weighted by Gasteiger charge is 2.21. The van der Waals surface area contributed by atoms with Crippen LogP contribution in [0.25, 0.3) is 33.0 Å². The van der Waals surface area contributed by atoms with Crippen LogP contribution in [0, 0.1) is 34.3 Å². The normalized spacial score (nSPS) is 10.6. The zero-order chi connectivity index (χ0) is 29.9. The number of halogens is 2. The average molecular weight is 563 g/mol. The molecule has 0 aliphatic heterocycles. The van der Waals surface area contributed by atoms with Crippen molar-refractivity contribution in [2.24, 2.45) is 0 Å². The first-order valence-electron chi connectivity index (χ1n) is 13.3. The van der Waals surface area contributed by atoms with Crippen molar-refractivity contribution in [3.05, 3.63) is 155 Å². The molecule has 0 aromatic heterocycles. The molecule has 204 valence electrons. The van der Waals surface area contributed by atoms with E-state index in [4.69, 9.17) is 4.74 Å². The van der Waals surface area contributed by atoms with Crippen molar-refractivity contribution < 1.29 is 18.3 Å². The monoisotopic (exact) mass is 562 g/mol. The predicted octanol–water partition coefficient (Wildman–Crippen LogP) is 9.22. The van der Waals surface area contributed by atoms with E-state index in [2.05, 4.69) is 0 Å². The van der Waals surface area contributed by atoms with Gasteiger partial charge in [-0.1, -0.05) is 66.7 Å². The van der Waals surface area contributed by atoms with E-state index in [-0.39, 0.29) is 22.3 Å². The quantitative estimate of drug-likeness (QED) is 0.190. The van der Waals surface area contributed by atoms with E-state index in [1.54, 1.807) is 54.6 Å². The number of rotatable bonds is 6. The van der Waals surface area contributed by atoms with Crippen LogP contribution in [0.3, 0.4) is 0 Å². The first-order valence-corrected chi connectivity index (χ1v) is 13.3. The number of hydrogen-bond donors (Lipinski definition) is 0. The van der Waals surface area contributed by atoms with Crippen LogP contribution in [-0.2, 0) is 0 Å². The molecule has 4 nitrogen and oxygen atoms in total. The lowest BCUT2D eigenvalue weighted by Gasteiger charge is -2.14. The largest absolute Gasteiger partial charge is 0.457 e. The number of carbonyl (C=O) groups excluding carboxylic acids is 1. The number of carbonyl (C=O) groups is 1. The number of hydrogen-bond acceptors (Lipinski definition) is 4. The van der Waals surface area contributed by atoms with Gasteiger partial charge in [-0.15, -0.1) is 0 Å². The van der Waals surface area contributed by atoms with Crippen molar-refractivity contribution in [1.82, 2.24) is 0 Å². The Labute approximate surface area is 246 Å². The van der Waals surface area contributed by atoms with Crippen LogP contribution in [0.5, 0.6) is 11.5 Å². The Kier molecular flexibility index (Phi) is 7.18. The minimum Gasteiger partial charge on any atom is -0.457 e. The molecule has 0 aliphatic carbocycles. The number of benzene rings is 6. The Bertz CT molecular complexity index is 2120. The van der Waals surface area contributed by atoms with Crippen molar-refractivity contribution in [3.8, 4) is 45.9 Å². The Hall–Kier alpha value is -6.11. The molecule has 0 saturated carbocycles. The zero-order valence-electron chi connectivity index (χ0n) is 22.5. The summed E-state index contributed by atoms with van der Waals surface area (Å²) >= 11 is 0. The van der Waals surface area contributed by atoms with Gasteiger partial charge in [0.15, 0.2) is 5.78 Å². The molecule has 0 spiro atoms. The van der Waals surface area contributed by atoms with Crippen molar-refractivity contribution >= 4 is 16.6 Å². The van der Waals surface area contributed by atoms with Crippen LogP contribution < -0.4 is 4.74 Å². The van der Waals surface area contributed by atoms with Gasteiger partial charge in [0.05, 0.1) is 11.1 Å². The maximum atomic E-state index is 14.6. The Morgan fingerprint density at radius 2 is 1.21 bits per heavy atom. The van der Waals surface area contributed by atoms with Crippen LogP contribution in [0.15, 0.2) is 121 Å². The summed E-state index contributed by atoms with van der Waals surface area (Å²) in [4.78, 5) is 14.0. The van der Waals surface area contributed by atoms with Gasteiger partial charge in [0.1, 0.15) is 35.3 Å². The van der Waals surface area contributed by atoms with Gasteiger partial charge < -0.3 is 4.74 Å². The summed E-state index contributed by atoms with van der Waals surface area (Å²) in [6, 6.07) is 37.3. The van der Waals surface area contributed by atoms with Crippen molar-refractivity contribution in [3.63, 3.8) is 0 Å². The SMILES string of the molecule is N#Cc1c(F)cccc1-c1ccc(-c2cccc(F)c2C#N)c(C(=O)c2ccc(Oc3ccc4ccccc4c3)cc2)c1. The number of nitriles is 2. The fourth-order valence-corrected chi connectivity index (χ4v) is 5.07. The third-order valence-corrected chi connectivity index (χ3v) is 7.19. The Balaban J connectivity index is 1.41. The maximum Gasteiger partial charge on any atom is 0.193 e. The van der Waals surface area contributed by atoms with Crippen LogP contribution in [0.2, 0.25) is 0 Å². The lowest BCUT2D eigenvalue weighted by atomic mass is 9.88. The molecule has 6 aromatic carbocycles. The van der Waals surface area contributed by atoms with Gasteiger partial charge >= 0.3 is 0 Å². The molecule has 0 saturated heterocycles. The minimum atomic E-state index is -0.713. The first-order chi connectivity index (χ1) is 21.0. The lowest BCUT2D eigenvalue weighted by molar-refractivity contribution is 0.103. The molecule has 0 unspecified atom stereocenters. The fraction of sp³-hybridized carbons (Fsp3) is 0. The molecule has 0 fully saturated rings. The molecule has 0 amide bonds. The Morgan fingerprint density at radius 3 is 1.91 bits per heavy atom. The molecule has 0 N–H and O–H groups in total. The first kappa shape index (κ1) is 27.1.